The van der Waals surface area contributed by atoms with E-state index in [-0.39, 0.29) is 16.4 Å². The number of ether oxygens (including phenoxy) is 1. The smallest absolute Gasteiger partial charge is 0.413 e. The molecule has 7 nitrogen and oxygen atoms in total. The number of rotatable bonds is 0. The number of amidine groups is 1. The summed E-state index contributed by atoms with van der Waals surface area (Å²) in [4.78, 5) is 15.5. The van der Waals surface area contributed by atoms with Gasteiger partial charge in [0.2, 0.25) is 0 Å². The molecule has 0 aliphatic carbocycles. The molecule has 0 unspecified atom stereocenters. The standard InChI is InChI=1S/C11H13N3O4S/c1-11(2,3)18-10(15)13-9-8-7(5-4-6-12-8)19(16,17)14-9/h4-6H,1-3H3,(H,13,14,15). The van der Waals surface area contributed by atoms with Crippen LogP contribution in [0.2, 0.25) is 0 Å². The minimum Gasteiger partial charge on any atom is -0.444 e. The maximum atomic E-state index is 11.7. The highest BCUT2D eigenvalue weighted by Crippen LogP contribution is 2.23. The van der Waals surface area contributed by atoms with E-state index in [2.05, 4.69) is 14.7 Å². The molecule has 8 heteroatoms. The van der Waals surface area contributed by atoms with Crippen LogP contribution in [0.5, 0.6) is 0 Å². The topological polar surface area (TPSA) is 97.7 Å². The largest absolute Gasteiger partial charge is 0.444 e. The van der Waals surface area contributed by atoms with Gasteiger partial charge in [-0.15, -0.1) is 4.40 Å². The van der Waals surface area contributed by atoms with E-state index < -0.39 is 21.7 Å². The lowest BCUT2D eigenvalue weighted by Crippen LogP contribution is -2.36. The average Bonchev–Trinajstić information content (AvgIpc) is 2.49. The van der Waals surface area contributed by atoms with E-state index in [9.17, 15) is 13.2 Å². The number of amides is 1. The lowest BCUT2D eigenvalue weighted by atomic mass is 10.2. The summed E-state index contributed by atoms with van der Waals surface area (Å²) in [5, 5.41) is 2.29. The molecule has 0 bridgehead atoms. The van der Waals surface area contributed by atoms with E-state index >= 15 is 0 Å². The molecule has 1 aromatic heterocycles. The summed E-state index contributed by atoms with van der Waals surface area (Å²) in [7, 11) is -3.79. The Morgan fingerprint density at radius 1 is 1.37 bits per heavy atom. The van der Waals surface area contributed by atoms with Crippen molar-refractivity contribution < 1.29 is 17.9 Å². The van der Waals surface area contributed by atoms with Gasteiger partial charge in [-0.3, -0.25) is 10.3 Å². The molecular weight excluding hydrogens is 270 g/mol. The van der Waals surface area contributed by atoms with Gasteiger partial charge in [-0.05, 0) is 32.9 Å². The van der Waals surface area contributed by atoms with Crippen LogP contribution in [-0.2, 0) is 14.8 Å². The zero-order chi connectivity index (χ0) is 14.3. The summed E-state index contributed by atoms with van der Waals surface area (Å²) < 4.78 is 31.9. The Morgan fingerprint density at radius 3 is 2.68 bits per heavy atom. The van der Waals surface area contributed by atoms with Gasteiger partial charge in [0, 0.05) is 6.20 Å². The first kappa shape index (κ1) is 13.5. The maximum absolute atomic E-state index is 11.7. The van der Waals surface area contributed by atoms with Crippen LogP contribution >= 0.6 is 0 Å². The molecular formula is C11H13N3O4S. The van der Waals surface area contributed by atoms with Crippen LogP contribution in [0, 0.1) is 0 Å². The molecule has 0 radical (unpaired) electrons. The Morgan fingerprint density at radius 2 is 2.05 bits per heavy atom. The van der Waals surface area contributed by atoms with Crippen molar-refractivity contribution in [2.75, 3.05) is 0 Å². The minimum atomic E-state index is -3.79. The number of carbonyl (C=O) groups excluding carboxylic acids is 1. The van der Waals surface area contributed by atoms with E-state index in [1.165, 1.54) is 18.3 Å². The average molecular weight is 283 g/mol. The van der Waals surface area contributed by atoms with Crippen molar-refractivity contribution in [3.05, 3.63) is 24.0 Å². The fourth-order valence-corrected chi connectivity index (χ4v) is 2.59. The second kappa shape index (κ2) is 4.30. The molecule has 1 aromatic rings. The molecule has 0 spiro atoms. The molecule has 0 saturated heterocycles. The van der Waals surface area contributed by atoms with Crippen molar-refractivity contribution >= 4 is 22.0 Å². The lowest BCUT2D eigenvalue weighted by Gasteiger charge is -2.19. The number of aromatic nitrogens is 1. The van der Waals surface area contributed by atoms with Gasteiger partial charge in [0.15, 0.2) is 5.84 Å². The van der Waals surface area contributed by atoms with Crippen molar-refractivity contribution in [2.45, 2.75) is 31.3 Å². The molecule has 2 heterocycles. The van der Waals surface area contributed by atoms with Gasteiger partial charge in [-0.2, -0.15) is 8.42 Å². The number of fused-ring (bicyclic) bond motifs is 1. The Balaban J connectivity index is 2.27. The van der Waals surface area contributed by atoms with Crippen LogP contribution in [0.4, 0.5) is 4.79 Å². The summed E-state index contributed by atoms with van der Waals surface area (Å²) in [5.41, 5.74) is -0.567. The number of nitrogens with zero attached hydrogens (tertiary/aromatic N) is 2. The number of sulfonamides is 1. The molecule has 102 valence electrons. The van der Waals surface area contributed by atoms with Crippen molar-refractivity contribution in [3.8, 4) is 0 Å². The number of pyridine rings is 1. The fraction of sp³-hybridized carbons (Fsp3) is 0.364. The number of alkyl carbamates (subject to hydrolysis) is 1. The van der Waals surface area contributed by atoms with E-state index in [1.807, 2.05) is 0 Å². The first-order valence-electron chi connectivity index (χ1n) is 5.49. The molecule has 1 N–H and O–H groups in total. The summed E-state index contributed by atoms with van der Waals surface area (Å²) in [6.45, 7) is 5.10. The third-order valence-corrected chi connectivity index (χ3v) is 3.41. The predicted octanol–water partition coefficient (Wildman–Crippen LogP) is 1.06. The number of hydrogen-bond acceptors (Lipinski definition) is 5. The molecule has 2 rings (SSSR count). The van der Waals surface area contributed by atoms with Crippen LogP contribution < -0.4 is 5.32 Å². The Labute approximate surface area is 110 Å². The van der Waals surface area contributed by atoms with Crippen molar-refractivity contribution in [1.29, 1.82) is 0 Å². The monoisotopic (exact) mass is 283 g/mol. The molecule has 0 saturated carbocycles. The molecule has 1 amide bonds. The van der Waals surface area contributed by atoms with Gasteiger partial charge in [-0.1, -0.05) is 0 Å². The van der Waals surface area contributed by atoms with Crippen molar-refractivity contribution in [1.82, 2.24) is 10.3 Å². The molecule has 1 aliphatic heterocycles. The first-order valence-corrected chi connectivity index (χ1v) is 6.93. The van der Waals surface area contributed by atoms with E-state index in [0.717, 1.165) is 0 Å². The van der Waals surface area contributed by atoms with Gasteiger partial charge in [0.1, 0.15) is 16.2 Å². The highest BCUT2D eigenvalue weighted by Gasteiger charge is 2.31. The Kier molecular flexibility index (Phi) is 3.05. The van der Waals surface area contributed by atoms with E-state index in [4.69, 9.17) is 4.74 Å². The maximum Gasteiger partial charge on any atom is 0.413 e. The van der Waals surface area contributed by atoms with Crippen LogP contribution in [0.1, 0.15) is 26.5 Å². The molecule has 0 fully saturated rings. The number of hydrogen-bond donors (Lipinski definition) is 1. The van der Waals surface area contributed by atoms with Crippen molar-refractivity contribution in [2.24, 2.45) is 4.40 Å². The van der Waals surface area contributed by atoms with Gasteiger partial charge in [-0.25, -0.2) is 4.79 Å². The first-order chi connectivity index (χ1) is 8.69. The number of carbonyl (C=O) groups is 1. The van der Waals surface area contributed by atoms with Gasteiger partial charge in [0.05, 0.1) is 0 Å². The highest BCUT2D eigenvalue weighted by atomic mass is 32.2. The Bertz CT molecular complexity index is 659. The molecule has 0 aromatic carbocycles. The lowest BCUT2D eigenvalue weighted by molar-refractivity contribution is 0.0563. The second-order valence-corrected chi connectivity index (χ2v) is 6.46. The summed E-state index contributed by atoms with van der Waals surface area (Å²) in [5.74, 6) is -0.121. The normalized spacial score (nSPS) is 16.5. The van der Waals surface area contributed by atoms with E-state index in [1.54, 1.807) is 20.8 Å². The number of nitrogens with one attached hydrogen (secondary N) is 1. The van der Waals surface area contributed by atoms with Crippen LogP contribution in [0.15, 0.2) is 27.6 Å². The summed E-state index contributed by atoms with van der Waals surface area (Å²) in [6.07, 6.45) is 0.645. The van der Waals surface area contributed by atoms with Gasteiger partial charge in [0.25, 0.3) is 10.0 Å². The highest BCUT2D eigenvalue weighted by molar-refractivity contribution is 7.90. The third kappa shape index (κ3) is 2.90. The predicted molar refractivity (Wildman–Crippen MR) is 67.3 cm³/mol. The quantitative estimate of drug-likeness (QED) is 0.767. The second-order valence-electron chi connectivity index (χ2n) is 4.89. The van der Waals surface area contributed by atoms with Gasteiger partial charge < -0.3 is 4.74 Å². The van der Waals surface area contributed by atoms with Crippen LogP contribution in [0.25, 0.3) is 0 Å². The molecule has 0 atom stereocenters. The minimum absolute atomic E-state index is 0.0268. The van der Waals surface area contributed by atoms with Crippen LogP contribution in [-0.4, -0.2) is 30.9 Å². The summed E-state index contributed by atoms with van der Waals surface area (Å²) in [6, 6.07) is 2.87. The molecule has 19 heavy (non-hydrogen) atoms. The zero-order valence-electron chi connectivity index (χ0n) is 10.7. The SMILES string of the molecule is CC(C)(C)OC(=O)NC1=NS(=O)(=O)c2cccnc21. The zero-order valence-corrected chi connectivity index (χ0v) is 11.5. The van der Waals surface area contributed by atoms with Crippen molar-refractivity contribution in [3.63, 3.8) is 0 Å². The molecule has 1 aliphatic rings. The van der Waals surface area contributed by atoms with E-state index in [0.29, 0.717) is 0 Å². The Hall–Kier alpha value is -1.96. The third-order valence-electron chi connectivity index (χ3n) is 2.10. The summed E-state index contributed by atoms with van der Waals surface area (Å²) >= 11 is 0. The van der Waals surface area contributed by atoms with Crippen LogP contribution in [0.3, 0.4) is 0 Å². The van der Waals surface area contributed by atoms with Gasteiger partial charge >= 0.3 is 6.09 Å². The fourth-order valence-electron chi connectivity index (χ4n) is 1.47.